The summed E-state index contributed by atoms with van der Waals surface area (Å²) in [6.45, 7) is 4.41. The number of hydrogen-bond acceptors (Lipinski definition) is 5. The number of methoxy groups -OCH3 is 2. The molecule has 1 N–H and O–H groups in total. The Hall–Kier alpha value is -3.19. The minimum atomic E-state index is -0.303. The second kappa shape index (κ2) is 11.9. The Morgan fingerprint density at radius 2 is 1.90 bits per heavy atom. The summed E-state index contributed by atoms with van der Waals surface area (Å²) in [6, 6.07) is 10.4. The van der Waals surface area contributed by atoms with Crippen molar-refractivity contribution in [2.45, 2.75) is 13.8 Å². The zero-order valence-electron chi connectivity index (χ0n) is 18.1. The number of carbonyl (C=O) groups is 2. The molecule has 0 fully saturated rings. The van der Waals surface area contributed by atoms with Crippen LogP contribution in [0.5, 0.6) is 17.2 Å². The third-order valence-corrected chi connectivity index (χ3v) is 4.62. The molecule has 8 heteroatoms. The Bertz CT molecular complexity index is 946. The second-order valence-electron chi connectivity index (χ2n) is 6.43. The van der Waals surface area contributed by atoms with Crippen molar-refractivity contribution in [2.75, 3.05) is 39.2 Å². The van der Waals surface area contributed by atoms with Crippen molar-refractivity contribution in [3.05, 3.63) is 53.1 Å². The highest BCUT2D eigenvalue weighted by Crippen LogP contribution is 2.36. The molecule has 166 valence electrons. The lowest BCUT2D eigenvalue weighted by Gasteiger charge is -2.19. The molecule has 0 atom stereocenters. The van der Waals surface area contributed by atoms with Crippen LogP contribution < -0.4 is 19.5 Å². The predicted molar refractivity (Wildman–Crippen MR) is 122 cm³/mol. The molecule has 0 saturated carbocycles. The highest BCUT2D eigenvalue weighted by molar-refractivity contribution is 6.32. The standard InChI is InChI=1S/C23H27ClN2O5/c1-5-26(15-21(27)25-17-8-7-9-18(14-17)29-3)22(28)11-10-16-12-19(24)23(31-6-2)20(13-16)30-4/h7-14H,5-6,15H2,1-4H3,(H,25,27)/b11-10+. The second-order valence-corrected chi connectivity index (χ2v) is 6.84. The fraction of sp³-hybridized carbons (Fsp3) is 0.304. The van der Waals surface area contributed by atoms with Crippen LogP contribution in [0.15, 0.2) is 42.5 Å². The topological polar surface area (TPSA) is 77.1 Å². The Balaban J connectivity index is 2.05. The summed E-state index contributed by atoms with van der Waals surface area (Å²) in [4.78, 5) is 26.4. The van der Waals surface area contributed by atoms with Gasteiger partial charge in [-0.2, -0.15) is 0 Å². The smallest absolute Gasteiger partial charge is 0.247 e. The van der Waals surface area contributed by atoms with Crippen molar-refractivity contribution in [1.82, 2.24) is 4.90 Å². The molecule has 2 rings (SSSR count). The van der Waals surface area contributed by atoms with Crippen LogP contribution in [0.25, 0.3) is 6.08 Å². The molecule has 0 saturated heterocycles. The van der Waals surface area contributed by atoms with E-state index in [0.717, 1.165) is 0 Å². The first-order valence-corrected chi connectivity index (χ1v) is 10.2. The zero-order valence-corrected chi connectivity index (χ0v) is 18.9. The van der Waals surface area contributed by atoms with Crippen LogP contribution in [-0.4, -0.2) is 50.6 Å². The number of hydrogen-bond donors (Lipinski definition) is 1. The Morgan fingerprint density at radius 3 is 2.55 bits per heavy atom. The molecule has 0 bridgehead atoms. The predicted octanol–water partition coefficient (Wildman–Crippen LogP) is 4.26. The molecule has 2 amide bonds. The number of anilines is 1. The summed E-state index contributed by atoms with van der Waals surface area (Å²) >= 11 is 6.27. The summed E-state index contributed by atoms with van der Waals surface area (Å²) in [6.07, 6.45) is 3.02. The van der Waals surface area contributed by atoms with Gasteiger partial charge in [0.25, 0.3) is 0 Å². The summed E-state index contributed by atoms with van der Waals surface area (Å²) in [7, 11) is 3.07. The Labute approximate surface area is 187 Å². The quantitative estimate of drug-likeness (QED) is 0.552. The van der Waals surface area contributed by atoms with E-state index in [4.69, 9.17) is 25.8 Å². The number of benzene rings is 2. The maximum absolute atomic E-state index is 12.6. The number of likely N-dealkylation sites (N-methyl/N-ethyl adjacent to an activating group) is 1. The van der Waals surface area contributed by atoms with Crippen molar-refractivity contribution >= 4 is 35.2 Å². The van der Waals surface area contributed by atoms with E-state index in [-0.39, 0.29) is 18.4 Å². The third kappa shape index (κ3) is 6.93. The van der Waals surface area contributed by atoms with Crippen molar-refractivity contribution in [3.63, 3.8) is 0 Å². The van der Waals surface area contributed by atoms with Crippen LogP contribution in [-0.2, 0) is 9.59 Å². The fourth-order valence-corrected chi connectivity index (χ4v) is 3.09. The van der Waals surface area contributed by atoms with Gasteiger partial charge in [-0.3, -0.25) is 9.59 Å². The van der Waals surface area contributed by atoms with Gasteiger partial charge in [0.2, 0.25) is 11.8 Å². The van der Waals surface area contributed by atoms with Gasteiger partial charge in [-0.15, -0.1) is 0 Å². The lowest BCUT2D eigenvalue weighted by atomic mass is 10.2. The number of ether oxygens (including phenoxy) is 3. The van der Waals surface area contributed by atoms with E-state index in [2.05, 4.69) is 5.32 Å². The van der Waals surface area contributed by atoms with Gasteiger partial charge < -0.3 is 24.4 Å². The molecule has 0 spiro atoms. The Morgan fingerprint density at radius 1 is 1.13 bits per heavy atom. The Kier molecular flexibility index (Phi) is 9.21. The zero-order chi connectivity index (χ0) is 22.8. The molecule has 7 nitrogen and oxygen atoms in total. The van der Waals surface area contributed by atoms with Crippen LogP contribution in [0, 0.1) is 0 Å². The van der Waals surface area contributed by atoms with Gasteiger partial charge in [0.15, 0.2) is 11.5 Å². The summed E-state index contributed by atoms with van der Waals surface area (Å²) in [5.41, 5.74) is 1.27. The van der Waals surface area contributed by atoms with Crippen LogP contribution in [0.3, 0.4) is 0 Å². The maximum atomic E-state index is 12.6. The van der Waals surface area contributed by atoms with E-state index in [1.165, 1.54) is 18.1 Å². The number of nitrogens with one attached hydrogen (secondary N) is 1. The van der Waals surface area contributed by atoms with Crippen LogP contribution in [0.4, 0.5) is 5.69 Å². The summed E-state index contributed by atoms with van der Waals surface area (Å²) in [5, 5.41) is 3.15. The average molecular weight is 447 g/mol. The molecule has 0 heterocycles. The SMILES string of the molecule is CCOc1c(Cl)cc(/C=C/C(=O)N(CC)CC(=O)Nc2cccc(OC)c2)cc1OC. The van der Waals surface area contributed by atoms with Crippen molar-refractivity contribution in [1.29, 1.82) is 0 Å². The number of amides is 2. The molecule has 0 aliphatic rings. The minimum Gasteiger partial charge on any atom is -0.497 e. The molecule has 2 aromatic carbocycles. The van der Waals surface area contributed by atoms with Gasteiger partial charge in [0, 0.05) is 24.4 Å². The van der Waals surface area contributed by atoms with Gasteiger partial charge in [-0.25, -0.2) is 0 Å². The lowest BCUT2D eigenvalue weighted by Crippen LogP contribution is -2.36. The monoisotopic (exact) mass is 446 g/mol. The van der Waals surface area contributed by atoms with E-state index >= 15 is 0 Å². The van der Waals surface area contributed by atoms with Gasteiger partial charge >= 0.3 is 0 Å². The van der Waals surface area contributed by atoms with E-state index in [1.807, 2.05) is 6.92 Å². The van der Waals surface area contributed by atoms with Gasteiger partial charge in [-0.05, 0) is 49.8 Å². The normalized spacial score (nSPS) is 10.6. The van der Waals surface area contributed by atoms with E-state index in [9.17, 15) is 9.59 Å². The highest BCUT2D eigenvalue weighted by atomic mass is 35.5. The van der Waals surface area contributed by atoms with E-state index in [1.54, 1.807) is 56.5 Å². The lowest BCUT2D eigenvalue weighted by molar-refractivity contribution is -0.130. The molecule has 0 aliphatic heterocycles. The number of carbonyl (C=O) groups excluding carboxylic acids is 2. The van der Waals surface area contributed by atoms with Gasteiger partial charge in [-0.1, -0.05) is 17.7 Å². The van der Waals surface area contributed by atoms with Crippen LogP contribution in [0.2, 0.25) is 5.02 Å². The number of nitrogens with zero attached hydrogens (tertiary/aromatic N) is 1. The van der Waals surface area contributed by atoms with Crippen molar-refractivity contribution in [3.8, 4) is 17.2 Å². The van der Waals surface area contributed by atoms with Crippen molar-refractivity contribution in [2.24, 2.45) is 0 Å². The van der Waals surface area contributed by atoms with E-state index < -0.39 is 0 Å². The third-order valence-electron chi connectivity index (χ3n) is 4.34. The van der Waals surface area contributed by atoms with Crippen LogP contribution >= 0.6 is 11.6 Å². The largest absolute Gasteiger partial charge is 0.497 e. The maximum Gasteiger partial charge on any atom is 0.247 e. The average Bonchev–Trinajstić information content (AvgIpc) is 2.77. The van der Waals surface area contributed by atoms with E-state index in [0.29, 0.717) is 46.7 Å². The van der Waals surface area contributed by atoms with Crippen LogP contribution in [0.1, 0.15) is 19.4 Å². The van der Waals surface area contributed by atoms with Crippen molar-refractivity contribution < 1.29 is 23.8 Å². The summed E-state index contributed by atoms with van der Waals surface area (Å²) < 4.78 is 16.0. The minimum absolute atomic E-state index is 0.0791. The number of halogens is 1. The molecule has 0 aromatic heterocycles. The molecule has 0 radical (unpaired) electrons. The number of rotatable bonds is 10. The summed E-state index contributed by atoms with van der Waals surface area (Å²) in [5.74, 6) is 0.967. The molecular formula is C23H27ClN2O5. The first-order valence-electron chi connectivity index (χ1n) is 9.83. The molecule has 2 aromatic rings. The first-order chi connectivity index (χ1) is 14.9. The molecule has 31 heavy (non-hydrogen) atoms. The molecule has 0 aliphatic carbocycles. The van der Waals surface area contributed by atoms with Gasteiger partial charge in [0.1, 0.15) is 12.3 Å². The molecule has 0 unspecified atom stereocenters. The first kappa shape index (κ1) is 24.1. The fourth-order valence-electron chi connectivity index (χ4n) is 2.81. The highest BCUT2D eigenvalue weighted by Gasteiger charge is 2.15. The molecular weight excluding hydrogens is 420 g/mol. The van der Waals surface area contributed by atoms with Gasteiger partial charge in [0.05, 0.1) is 25.8 Å².